The number of carboxylic acids is 1. The molecule has 1 heterocycles. The van der Waals surface area contributed by atoms with Crippen molar-refractivity contribution in [3.05, 3.63) is 46.5 Å². The number of carbonyl (C=O) groups is 1. The second-order valence-electron chi connectivity index (χ2n) is 4.76. The van der Waals surface area contributed by atoms with Gasteiger partial charge in [0.15, 0.2) is 5.13 Å². The van der Waals surface area contributed by atoms with Gasteiger partial charge in [0.25, 0.3) is 0 Å². The van der Waals surface area contributed by atoms with Crippen LogP contribution in [0.25, 0.3) is 0 Å². The molecule has 0 spiro atoms. The molecule has 1 aromatic heterocycles. The van der Waals surface area contributed by atoms with Crippen molar-refractivity contribution >= 4 is 22.4 Å². The highest BCUT2D eigenvalue weighted by Crippen LogP contribution is 2.23. The lowest BCUT2D eigenvalue weighted by atomic mass is 10.1. The van der Waals surface area contributed by atoms with Gasteiger partial charge < -0.3 is 10.0 Å². The summed E-state index contributed by atoms with van der Waals surface area (Å²) in [6.45, 7) is 5.17. The molecule has 0 aliphatic carbocycles. The van der Waals surface area contributed by atoms with Gasteiger partial charge in [-0.3, -0.25) is 4.79 Å². The number of aryl methyl sites for hydroxylation is 2. The molecule has 1 aromatic carbocycles. The average Bonchev–Trinajstić information content (AvgIpc) is 2.83. The van der Waals surface area contributed by atoms with E-state index >= 15 is 0 Å². The SMILES string of the molecule is Cc1csc(N(CCC(=O)O)Cc2ccccc2C)n1. The number of nitrogens with zero attached hydrogens (tertiary/aromatic N) is 2. The smallest absolute Gasteiger partial charge is 0.305 e. The van der Waals surface area contributed by atoms with E-state index in [0.717, 1.165) is 10.8 Å². The molecule has 0 fully saturated rings. The fraction of sp³-hybridized carbons (Fsp3) is 0.333. The van der Waals surface area contributed by atoms with Gasteiger partial charge in [-0.15, -0.1) is 11.3 Å². The van der Waals surface area contributed by atoms with Crippen LogP contribution in [-0.2, 0) is 11.3 Å². The molecule has 2 rings (SSSR count). The van der Waals surface area contributed by atoms with Gasteiger partial charge in [0, 0.05) is 18.5 Å². The van der Waals surface area contributed by atoms with Crippen molar-refractivity contribution in [1.29, 1.82) is 0 Å². The van der Waals surface area contributed by atoms with Crippen LogP contribution in [0.1, 0.15) is 23.2 Å². The summed E-state index contributed by atoms with van der Waals surface area (Å²) < 4.78 is 0. The molecule has 0 unspecified atom stereocenters. The first-order chi connectivity index (χ1) is 9.56. The van der Waals surface area contributed by atoms with Gasteiger partial charge in [0.05, 0.1) is 12.1 Å². The third-order valence-electron chi connectivity index (χ3n) is 3.10. The van der Waals surface area contributed by atoms with Crippen LogP contribution in [0.5, 0.6) is 0 Å². The number of aromatic nitrogens is 1. The molecule has 0 atom stereocenters. The molecule has 0 aliphatic heterocycles. The standard InChI is InChI=1S/C15H18N2O2S/c1-11-5-3-4-6-13(11)9-17(8-7-14(18)19)15-16-12(2)10-20-15/h3-6,10H,7-9H2,1-2H3,(H,18,19). The number of benzene rings is 1. The van der Waals surface area contributed by atoms with Crippen molar-refractivity contribution in [3.8, 4) is 0 Å². The zero-order valence-electron chi connectivity index (χ0n) is 11.7. The first-order valence-corrected chi connectivity index (χ1v) is 7.37. The van der Waals surface area contributed by atoms with E-state index in [0.29, 0.717) is 13.1 Å². The predicted molar refractivity (Wildman–Crippen MR) is 81.3 cm³/mol. The first-order valence-electron chi connectivity index (χ1n) is 6.49. The fourth-order valence-electron chi connectivity index (χ4n) is 1.95. The van der Waals surface area contributed by atoms with E-state index in [1.807, 2.05) is 29.3 Å². The van der Waals surface area contributed by atoms with Crippen molar-refractivity contribution in [3.63, 3.8) is 0 Å². The normalized spacial score (nSPS) is 10.5. The van der Waals surface area contributed by atoms with Gasteiger partial charge in [0.1, 0.15) is 0 Å². The molecule has 1 N–H and O–H groups in total. The summed E-state index contributed by atoms with van der Waals surface area (Å²) in [6.07, 6.45) is 0.116. The average molecular weight is 290 g/mol. The topological polar surface area (TPSA) is 53.4 Å². The highest BCUT2D eigenvalue weighted by Gasteiger charge is 2.13. The number of hydrogen-bond acceptors (Lipinski definition) is 4. The molecule has 2 aromatic rings. The third kappa shape index (κ3) is 3.81. The Labute approximate surface area is 122 Å². The Morgan fingerprint density at radius 3 is 2.70 bits per heavy atom. The number of rotatable bonds is 6. The molecular formula is C15H18N2O2S. The maximum Gasteiger partial charge on any atom is 0.305 e. The molecule has 0 bridgehead atoms. The molecule has 0 amide bonds. The minimum absolute atomic E-state index is 0.116. The number of hydrogen-bond donors (Lipinski definition) is 1. The fourth-order valence-corrected chi connectivity index (χ4v) is 2.78. The van der Waals surface area contributed by atoms with E-state index in [2.05, 4.69) is 24.0 Å². The van der Waals surface area contributed by atoms with Crippen LogP contribution < -0.4 is 4.90 Å². The molecule has 20 heavy (non-hydrogen) atoms. The molecule has 106 valence electrons. The van der Waals surface area contributed by atoms with Gasteiger partial charge in [-0.1, -0.05) is 24.3 Å². The van der Waals surface area contributed by atoms with Crippen molar-refractivity contribution < 1.29 is 9.90 Å². The summed E-state index contributed by atoms with van der Waals surface area (Å²) in [5.74, 6) is -0.784. The number of aliphatic carboxylic acids is 1. The minimum Gasteiger partial charge on any atom is -0.481 e. The maximum absolute atomic E-state index is 10.8. The van der Waals surface area contributed by atoms with Crippen LogP contribution in [-0.4, -0.2) is 22.6 Å². The van der Waals surface area contributed by atoms with Crippen molar-refractivity contribution in [2.45, 2.75) is 26.8 Å². The van der Waals surface area contributed by atoms with E-state index in [1.54, 1.807) is 11.3 Å². The minimum atomic E-state index is -0.784. The Bertz CT molecular complexity index is 595. The van der Waals surface area contributed by atoms with Crippen molar-refractivity contribution in [2.24, 2.45) is 0 Å². The highest BCUT2D eigenvalue weighted by molar-refractivity contribution is 7.13. The lowest BCUT2D eigenvalue weighted by Gasteiger charge is -2.22. The Morgan fingerprint density at radius 2 is 2.10 bits per heavy atom. The van der Waals surface area contributed by atoms with Crippen LogP contribution in [0, 0.1) is 13.8 Å². The lowest BCUT2D eigenvalue weighted by molar-refractivity contribution is -0.136. The van der Waals surface area contributed by atoms with E-state index in [-0.39, 0.29) is 6.42 Å². The Morgan fingerprint density at radius 1 is 1.35 bits per heavy atom. The quantitative estimate of drug-likeness (QED) is 0.887. The molecule has 0 saturated heterocycles. The number of carboxylic acid groups (broad SMARTS) is 1. The van der Waals surface area contributed by atoms with Crippen molar-refractivity contribution in [2.75, 3.05) is 11.4 Å². The van der Waals surface area contributed by atoms with Gasteiger partial charge >= 0.3 is 5.97 Å². The summed E-state index contributed by atoms with van der Waals surface area (Å²) in [6, 6.07) is 8.15. The predicted octanol–water partition coefficient (Wildman–Crippen LogP) is 3.24. The zero-order valence-corrected chi connectivity index (χ0v) is 12.5. The van der Waals surface area contributed by atoms with Crippen molar-refractivity contribution in [1.82, 2.24) is 4.98 Å². The number of thiazole rings is 1. The zero-order chi connectivity index (χ0) is 14.5. The van der Waals surface area contributed by atoms with Crippen LogP contribution in [0.15, 0.2) is 29.6 Å². The number of anilines is 1. The van der Waals surface area contributed by atoms with Crippen LogP contribution in [0.4, 0.5) is 5.13 Å². The van der Waals surface area contributed by atoms with Gasteiger partial charge in [-0.2, -0.15) is 0 Å². The van der Waals surface area contributed by atoms with Gasteiger partial charge in [-0.05, 0) is 25.0 Å². The van der Waals surface area contributed by atoms with E-state index in [1.165, 1.54) is 11.1 Å². The van der Waals surface area contributed by atoms with Crippen LogP contribution in [0.3, 0.4) is 0 Å². The second-order valence-corrected chi connectivity index (χ2v) is 5.60. The van der Waals surface area contributed by atoms with E-state index < -0.39 is 5.97 Å². The highest BCUT2D eigenvalue weighted by atomic mass is 32.1. The molecular weight excluding hydrogens is 272 g/mol. The summed E-state index contributed by atoms with van der Waals surface area (Å²) >= 11 is 1.56. The maximum atomic E-state index is 10.8. The van der Waals surface area contributed by atoms with E-state index in [4.69, 9.17) is 5.11 Å². The monoisotopic (exact) mass is 290 g/mol. The third-order valence-corrected chi connectivity index (χ3v) is 4.11. The Hall–Kier alpha value is -1.88. The largest absolute Gasteiger partial charge is 0.481 e. The van der Waals surface area contributed by atoms with Gasteiger partial charge in [0.2, 0.25) is 0 Å². The summed E-state index contributed by atoms with van der Waals surface area (Å²) in [4.78, 5) is 17.3. The summed E-state index contributed by atoms with van der Waals surface area (Å²) in [7, 11) is 0. The Kier molecular flexibility index (Phi) is 4.74. The van der Waals surface area contributed by atoms with Gasteiger partial charge in [-0.25, -0.2) is 4.98 Å². The van der Waals surface area contributed by atoms with Crippen LogP contribution >= 0.6 is 11.3 Å². The summed E-state index contributed by atoms with van der Waals surface area (Å²) in [5.41, 5.74) is 3.38. The molecule has 0 saturated carbocycles. The first kappa shape index (κ1) is 14.5. The Balaban J connectivity index is 2.18. The van der Waals surface area contributed by atoms with E-state index in [9.17, 15) is 4.79 Å². The second kappa shape index (κ2) is 6.52. The molecule has 4 nitrogen and oxygen atoms in total. The molecule has 0 aliphatic rings. The molecule has 5 heteroatoms. The summed E-state index contributed by atoms with van der Waals surface area (Å²) in [5, 5.41) is 11.8. The molecule has 0 radical (unpaired) electrons. The van der Waals surface area contributed by atoms with Crippen LogP contribution in [0.2, 0.25) is 0 Å². The lowest BCUT2D eigenvalue weighted by Crippen LogP contribution is -2.26.